The van der Waals surface area contributed by atoms with Crippen LogP contribution >= 0.6 is 0 Å². The molecule has 0 unspecified atom stereocenters. The summed E-state index contributed by atoms with van der Waals surface area (Å²) < 4.78 is 5.98. The number of rotatable bonds is 6. The van der Waals surface area contributed by atoms with Crippen LogP contribution in [0.3, 0.4) is 0 Å². The highest BCUT2D eigenvalue weighted by molar-refractivity contribution is 6.24. The Morgan fingerprint density at radius 3 is 1.76 bits per heavy atom. The minimum atomic E-state index is -0.816. The molecule has 4 aliphatic rings. The Morgan fingerprint density at radius 2 is 1.24 bits per heavy atom. The third kappa shape index (κ3) is 4.34. The maximum absolute atomic E-state index is 14.1. The highest BCUT2D eigenvalue weighted by atomic mass is 16.4. The van der Waals surface area contributed by atoms with Gasteiger partial charge >= 0.3 is 0 Å². The second-order valence-electron chi connectivity index (χ2n) is 12.2. The summed E-state index contributed by atoms with van der Waals surface area (Å²) in [7, 11) is 0. The fourth-order valence-electron chi connectivity index (χ4n) is 7.75. The van der Waals surface area contributed by atoms with Crippen molar-refractivity contribution < 1.29 is 38.3 Å². The first kappa shape index (κ1) is 28.8. The standard InChI is InChI=1S/C35H30N2O8/c1-17(39)19-3-7-21(8-4-19)36-32(41)25-13-12-24-26(29(25)34(36)43)15-27-31(30(24)28-14-11-23(16-38)45-28)35(44)37(33(27)42)22-9-5-20(6-10-22)18(2)40/h3-12,14,25-27,29-31,38H,13,15-16H2,1-2H3/t25-,26+,27+,29-,30+,31+/m0/s1. The molecule has 0 spiro atoms. The molecule has 1 N–H and O–H groups in total. The van der Waals surface area contributed by atoms with Gasteiger partial charge in [-0.15, -0.1) is 0 Å². The second-order valence-corrected chi connectivity index (χ2v) is 12.2. The predicted molar refractivity (Wildman–Crippen MR) is 160 cm³/mol. The first-order valence-corrected chi connectivity index (χ1v) is 15.0. The van der Waals surface area contributed by atoms with E-state index in [-0.39, 0.29) is 42.8 Å². The first-order chi connectivity index (χ1) is 21.6. The average Bonchev–Trinajstić information content (AvgIpc) is 3.69. The lowest BCUT2D eigenvalue weighted by atomic mass is 9.58. The maximum atomic E-state index is 14.1. The van der Waals surface area contributed by atoms with E-state index in [1.165, 1.54) is 18.7 Å². The van der Waals surface area contributed by atoms with Crippen molar-refractivity contribution in [3.05, 3.63) is 95.0 Å². The van der Waals surface area contributed by atoms with E-state index in [9.17, 15) is 33.9 Å². The number of allylic oxidation sites excluding steroid dienone is 2. The number of anilines is 2. The molecule has 1 aromatic heterocycles. The van der Waals surface area contributed by atoms with Gasteiger partial charge in [0, 0.05) is 11.1 Å². The zero-order valence-corrected chi connectivity index (χ0v) is 24.6. The molecule has 2 saturated heterocycles. The van der Waals surface area contributed by atoms with E-state index in [2.05, 4.69) is 0 Å². The lowest BCUT2D eigenvalue weighted by molar-refractivity contribution is -0.126. The number of carbonyl (C=O) groups is 6. The number of imide groups is 2. The van der Waals surface area contributed by atoms with Crippen molar-refractivity contribution in [1.82, 2.24) is 0 Å². The van der Waals surface area contributed by atoms with Crippen molar-refractivity contribution in [2.75, 3.05) is 9.80 Å². The number of Topliss-reactive ketones (excluding diaryl/α,β-unsaturated/α-hetero) is 2. The molecule has 1 saturated carbocycles. The van der Waals surface area contributed by atoms with E-state index in [1.54, 1.807) is 60.7 Å². The molecule has 45 heavy (non-hydrogen) atoms. The number of ketones is 2. The number of aliphatic hydroxyl groups excluding tert-OH is 1. The number of furan rings is 1. The van der Waals surface area contributed by atoms with E-state index in [0.717, 1.165) is 10.5 Å². The highest BCUT2D eigenvalue weighted by Gasteiger charge is 2.62. The Hall–Kier alpha value is -4.96. The fraction of sp³-hybridized carbons (Fsp3) is 0.314. The monoisotopic (exact) mass is 606 g/mol. The van der Waals surface area contributed by atoms with Gasteiger partial charge in [0.05, 0.1) is 41.0 Å². The molecule has 2 aliphatic heterocycles. The number of nitrogens with zero attached hydrogens (tertiary/aromatic N) is 2. The number of fused-ring (bicyclic) bond motifs is 4. The summed E-state index contributed by atoms with van der Waals surface area (Å²) in [5.41, 5.74) is 2.42. The molecule has 3 heterocycles. The Bertz CT molecular complexity index is 1820. The normalized spacial score (nSPS) is 27.3. The van der Waals surface area contributed by atoms with Crippen LogP contribution in [0.2, 0.25) is 0 Å². The summed E-state index contributed by atoms with van der Waals surface area (Å²) in [5.74, 6) is -5.26. The number of amides is 4. The van der Waals surface area contributed by atoms with Crippen molar-refractivity contribution in [3.8, 4) is 0 Å². The summed E-state index contributed by atoms with van der Waals surface area (Å²) in [6, 6.07) is 16.0. The molecular formula is C35H30N2O8. The predicted octanol–water partition coefficient (Wildman–Crippen LogP) is 4.22. The Kier molecular flexibility index (Phi) is 6.77. The molecule has 2 aromatic carbocycles. The summed E-state index contributed by atoms with van der Waals surface area (Å²) >= 11 is 0. The van der Waals surface area contributed by atoms with Gasteiger partial charge in [-0.2, -0.15) is 0 Å². The van der Waals surface area contributed by atoms with Crippen molar-refractivity contribution in [3.63, 3.8) is 0 Å². The van der Waals surface area contributed by atoms with Crippen molar-refractivity contribution in [2.45, 2.75) is 39.2 Å². The second kappa shape index (κ2) is 10.6. The van der Waals surface area contributed by atoms with E-state index >= 15 is 0 Å². The smallest absolute Gasteiger partial charge is 0.238 e. The van der Waals surface area contributed by atoms with Gasteiger partial charge in [0.25, 0.3) is 0 Å². The van der Waals surface area contributed by atoms with Gasteiger partial charge in [-0.3, -0.25) is 38.6 Å². The van der Waals surface area contributed by atoms with Gasteiger partial charge in [0.15, 0.2) is 11.6 Å². The molecule has 3 aromatic rings. The maximum Gasteiger partial charge on any atom is 0.238 e. The first-order valence-electron chi connectivity index (χ1n) is 15.0. The molecule has 228 valence electrons. The van der Waals surface area contributed by atoms with Crippen LogP contribution in [-0.4, -0.2) is 40.3 Å². The third-order valence-corrected chi connectivity index (χ3v) is 9.86. The van der Waals surface area contributed by atoms with E-state index < -0.39 is 47.3 Å². The Balaban J connectivity index is 1.28. The highest BCUT2D eigenvalue weighted by Crippen LogP contribution is 2.58. The number of hydrogen-bond donors (Lipinski definition) is 1. The molecule has 0 radical (unpaired) electrons. The van der Waals surface area contributed by atoms with E-state index in [1.807, 2.05) is 6.08 Å². The van der Waals surface area contributed by atoms with Gasteiger partial charge in [-0.1, -0.05) is 11.6 Å². The van der Waals surface area contributed by atoms with Crippen LogP contribution in [0.25, 0.3) is 0 Å². The molecule has 2 aliphatic carbocycles. The molecule has 6 atom stereocenters. The van der Waals surface area contributed by atoms with Gasteiger partial charge in [-0.05, 0) is 93.3 Å². The van der Waals surface area contributed by atoms with Crippen LogP contribution in [-0.2, 0) is 25.8 Å². The van der Waals surface area contributed by atoms with Crippen LogP contribution in [0.5, 0.6) is 0 Å². The van der Waals surface area contributed by atoms with E-state index in [4.69, 9.17) is 4.42 Å². The molecule has 7 rings (SSSR count). The van der Waals surface area contributed by atoms with Crippen molar-refractivity contribution in [2.24, 2.45) is 29.6 Å². The summed E-state index contributed by atoms with van der Waals surface area (Å²) in [6.45, 7) is 2.53. The quantitative estimate of drug-likeness (QED) is 0.250. The Morgan fingerprint density at radius 1 is 0.711 bits per heavy atom. The lowest BCUT2D eigenvalue weighted by Gasteiger charge is -2.43. The summed E-state index contributed by atoms with van der Waals surface area (Å²) in [5, 5.41) is 9.72. The number of carbonyl (C=O) groups excluding carboxylic acids is 6. The van der Waals surface area contributed by atoms with Crippen LogP contribution in [0.15, 0.2) is 76.7 Å². The van der Waals surface area contributed by atoms with Crippen molar-refractivity contribution in [1.29, 1.82) is 0 Å². The number of aliphatic hydroxyl groups is 1. The van der Waals surface area contributed by atoms with Gasteiger partial charge in [0.1, 0.15) is 18.1 Å². The topological polar surface area (TPSA) is 142 Å². The van der Waals surface area contributed by atoms with Crippen LogP contribution in [0, 0.1) is 29.6 Å². The summed E-state index contributed by atoms with van der Waals surface area (Å²) in [6.07, 6.45) is 2.40. The fourth-order valence-corrected chi connectivity index (χ4v) is 7.75. The molecule has 10 heteroatoms. The third-order valence-electron chi connectivity index (χ3n) is 9.86. The minimum Gasteiger partial charge on any atom is -0.463 e. The average molecular weight is 607 g/mol. The lowest BCUT2D eigenvalue weighted by Crippen LogP contribution is -2.43. The molecule has 0 bridgehead atoms. The largest absolute Gasteiger partial charge is 0.463 e. The van der Waals surface area contributed by atoms with Crippen molar-refractivity contribution >= 4 is 46.6 Å². The number of hydrogen-bond acceptors (Lipinski definition) is 8. The van der Waals surface area contributed by atoms with Gasteiger partial charge < -0.3 is 9.52 Å². The van der Waals surface area contributed by atoms with Gasteiger partial charge in [-0.25, -0.2) is 0 Å². The zero-order valence-electron chi connectivity index (χ0n) is 24.6. The zero-order chi connectivity index (χ0) is 31.7. The molecular weight excluding hydrogens is 576 g/mol. The SMILES string of the molecule is CC(=O)c1ccc(N2C(=O)[C@H]3[C@H](CC=C4[C@H]3C[C@H]3C(=O)N(c5ccc(C(C)=O)cc5)C(=O)[C@H]3[C@H]4c3ccc(CO)o3)C2=O)cc1. The van der Waals surface area contributed by atoms with Crippen LogP contribution in [0.4, 0.5) is 11.4 Å². The minimum absolute atomic E-state index is 0.132. The molecule has 3 fully saturated rings. The van der Waals surface area contributed by atoms with Gasteiger partial charge in [0.2, 0.25) is 23.6 Å². The Labute approximate surface area is 258 Å². The number of benzene rings is 2. The van der Waals surface area contributed by atoms with Crippen LogP contribution < -0.4 is 9.80 Å². The summed E-state index contributed by atoms with van der Waals surface area (Å²) in [4.78, 5) is 81.9. The van der Waals surface area contributed by atoms with Crippen LogP contribution in [0.1, 0.15) is 64.8 Å². The van der Waals surface area contributed by atoms with E-state index in [0.29, 0.717) is 34.0 Å². The molecule has 10 nitrogen and oxygen atoms in total. The molecule has 4 amide bonds.